The lowest BCUT2D eigenvalue weighted by molar-refractivity contribution is 0.373. The highest BCUT2D eigenvalue weighted by Gasteiger charge is 2.35. The van der Waals surface area contributed by atoms with E-state index in [-0.39, 0.29) is 5.54 Å². The predicted molar refractivity (Wildman–Crippen MR) is 93.2 cm³/mol. The minimum Gasteiger partial charge on any atom is -0.366 e. The van der Waals surface area contributed by atoms with Gasteiger partial charge in [-0.15, -0.1) is 0 Å². The predicted octanol–water partition coefficient (Wildman–Crippen LogP) is 4.69. The first-order chi connectivity index (χ1) is 9.99. The fraction of sp³-hybridized carbons (Fsp3) is 0.684. The lowest BCUT2D eigenvalue weighted by atomic mass is 9.79. The Kier molecular flexibility index (Phi) is 5.32. The lowest BCUT2D eigenvalue weighted by Gasteiger charge is -2.48. The van der Waals surface area contributed by atoms with Gasteiger partial charge in [0.25, 0.3) is 0 Å². The third kappa shape index (κ3) is 3.60. The molecular weight excluding hydrogens is 256 g/mol. The number of fused-ring (bicyclic) bond motifs is 1. The van der Waals surface area contributed by atoms with Crippen molar-refractivity contribution in [2.24, 2.45) is 0 Å². The molecule has 0 saturated carbocycles. The number of hydrogen-bond acceptors (Lipinski definition) is 2. The van der Waals surface area contributed by atoms with E-state index < -0.39 is 0 Å². The molecule has 0 fully saturated rings. The fourth-order valence-electron chi connectivity index (χ4n) is 3.66. The summed E-state index contributed by atoms with van der Waals surface area (Å²) in [5.41, 5.74) is 4.69. The first-order valence-corrected chi connectivity index (χ1v) is 8.60. The molecule has 0 spiro atoms. The van der Waals surface area contributed by atoms with Crippen LogP contribution in [0.2, 0.25) is 0 Å². The van der Waals surface area contributed by atoms with Crippen LogP contribution in [0.3, 0.4) is 0 Å². The van der Waals surface area contributed by atoms with Crippen LogP contribution in [-0.4, -0.2) is 18.6 Å². The smallest absolute Gasteiger partial charge is 0.0406 e. The minimum atomic E-state index is 0.269. The van der Waals surface area contributed by atoms with Gasteiger partial charge in [0.05, 0.1) is 0 Å². The van der Waals surface area contributed by atoms with Crippen LogP contribution in [0.15, 0.2) is 18.2 Å². The monoisotopic (exact) mass is 288 g/mol. The number of rotatable bonds is 6. The van der Waals surface area contributed by atoms with Crippen LogP contribution >= 0.6 is 0 Å². The van der Waals surface area contributed by atoms with Crippen LogP contribution < -0.4 is 10.2 Å². The molecule has 0 saturated heterocycles. The van der Waals surface area contributed by atoms with Crippen LogP contribution in [0.1, 0.15) is 70.9 Å². The molecule has 0 aromatic heterocycles. The molecule has 0 bridgehead atoms. The molecule has 0 radical (unpaired) electrons. The Bertz CT molecular complexity index is 465. The van der Waals surface area contributed by atoms with Crippen molar-refractivity contribution in [3.63, 3.8) is 0 Å². The van der Waals surface area contributed by atoms with E-state index in [1.165, 1.54) is 37.1 Å². The SMILES string of the molecule is CCCCN1c2ccc(CNCC)cc2C(C)CC1(C)C. The van der Waals surface area contributed by atoms with Crippen LogP contribution in [0.4, 0.5) is 5.69 Å². The van der Waals surface area contributed by atoms with Crippen LogP contribution in [0.25, 0.3) is 0 Å². The average molecular weight is 288 g/mol. The molecule has 1 N–H and O–H groups in total. The summed E-state index contributed by atoms with van der Waals surface area (Å²) in [7, 11) is 0. The van der Waals surface area contributed by atoms with Gasteiger partial charge in [0.15, 0.2) is 0 Å². The number of anilines is 1. The van der Waals surface area contributed by atoms with Crippen LogP contribution in [0.5, 0.6) is 0 Å². The highest BCUT2D eigenvalue weighted by Crippen LogP contribution is 2.43. The maximum Gasteiger partial charge on any atom is 0.0406 e. The maximum atomic E-state index is 3.43. The molecule has 1 aromatic carbocycles. The van der Waals surface area contributed by atoms with Crippen molar-refractivity contribution < 1.29 is 0 Å². The second-order valence-corrected chi connectivity index (χ2v) is 7.10. The quantitative estimate of drug-likeness (QED) is 0.817. The van der Waals surface area contributed by atoms with E-state index in [0.717, 1.165) is 13.1 Å². The summed E-state index contributed by atoms with van der Waals surface area (Å²) in [6.07, 6.45) is 3.78. The van der Waals surface area contributed by atoms with E-state index in [0.29, 0.717) is 5.92 Å². The number of unbranched alkanes of at least 4 members (excludes halogenated alkanes) is 1. The van der Waals surface area contributed by atoms with Crippen molar-refractivity contribution in [1.82, 2.24) is 5.32 Å². The number of benzene rings is 1. The largest absolute Gasteiger partial charge is 0.366 e. The molecule has 1 heterocycles. The lowest BCUT2D eigenvalue weighted by Crippen LogP contribution is -2.48. The molecular formula is C19H32N2. The Morgan fingerprint density at radius 1 is 1.29 bits per heavy atom. The second-order valence-electron chi connectivity index (χ2n) is 7.10. The van der Waals surface area contributed by atoms with Crippen molar-refractivity contribution in [3.8, 4) is 0 Å². The summed E-state index contributed by atoms with van der Waals surface area (Å²) in [4.78, 5) is 2.64. The third-order valence-corrected chi connectivity index (χ3v) is 4.76. The highest BCUT2D eigenvalue weighted by atomic mass is 15.2. The van der Waals surface area contributed by atoms with Gasteiger partial charge in [-0.25, -0.2) is 0 Å². The van der Waals surface area contributed by atoms with E-state index in [4.69, 9.17) is 0 Å². The summed E-state index contributed by atoms with van der Waals surface area (Å²) in [5, 5.41) is 3.43. The Morgan fingerprint density at radius 3 is 2.71 bits per heavy atom. The van der Waals surface area contributed by atoms with Crippen LogP contribution in [0, 0.1) is 0 Å². The number of nitrogens with zero attached hydrogens (tertiary/aromatic N) is 1. The first-order valence-electron chi connectivity index (χ1n) is 8.60. The summed E-state index contributed by atoms with van der Waals surface area (Å²) < 4.78 is 0. The standard InChI is InChI=1S/C19H32N2/c1-6-8-11-21-18-10-9-16(14-20-7-2)12-17(18)15(3)13-19(21,4)5/h9-10,12,15,20H,6-8,11,13-14H2,1-5H3. The van der Waals surface area contributed by atoms with Gasteiger partial charge in [0, 0.05) is 24.3 Å². The Hall–Kier alpha value is -1.02. The zero-order valence-corrected chi connectivity index (χ0v) is 14.5. The third-order valence-electron chi connectivity index (χ3n) is 4.76. The van der Waals surface area contributed by atoms with E-state index >= 15 is 0 Å². The molecule has 1 atom stereocenters. The molecule has 118 valence electrons. The highest BCUT2D eigenvalue weighted by molar-refractivity contribution is 5.60. The second kappa shape index (κ2) is 6.83. The molecule has 21 heavy (non-hydrogen) atoms. The van der Waals surface area contributed by atoms with Gasteiger partial charge in [0.1, 0.15) is 0 Å². The van der Waals surface area contributed by atoms with E-state index in [1.54, 1.807) is 5.56 Å². The van der Waals surface area contributed by atoms with Gasteiger partial charge in [-0.3, -0.25) is 0 Å². The number of hydrogen-bond donors (Lipinski definition) is 1. The first kappa shape index (κ1) is 16.4. The molecule has 0 aliphatic carbocycles. The van der Waals surface area contributed by atoms with E-state index in [9.17, 15) is 0 Å². The van der Waals surface area contributed by atoms with Gasteiger partial charge in [-0.1, -0.05) is 39.3 Å². The summed E-state index contributed by atoms with van der Waals surface area (Å²) in [6.45, 7) is 14.8. The van der Waals surface area contributed by atoms with Gasteiger partial charge in [0.2, 0.25) is 0 Å². The van der Waals surface area contributed by atoms with Crippen molar-refractivity contribution in [3.05, 3.63) is 29.3 Å². The normalized spacial score (nSPS) is 20.4. The summed E-state index contributed by atoms with van der Waals surface area (Å²) in [6, 6.07) is 7.08. The fourth-order valence-corrected chi connectivity index (χ4v) is 3.66. The zero-order valence-electron chi connectivity index (χ0n) is 14.5. The molecule has 1 aliphatic rings. The average Bonchev–Trinajstić information content (AvgIpc) is 2.44. The van der Waals surface area contributed by atoms with E-state index in [2.05, 4.69) is 63.0 Å². The summed E-state index contributed by atoms with van der Waals surface area (Å²) >= 11 is 0. The maximum absolute atomic E-state index is 3.43. The van der Waals surface area contributed by atoms with Crippen molar-refractivity contribution in [2.75, 3.05) is 18.0 Å². The van der Waals surface area contributed by atoms with Gasteiger partial charge >= 0.3 is 0 Å². The molecule has 2 rings (SSSR count). The topological polar surface area (TPSA) is 15.3 Å². The Labute approximate surface area is 130 Å². The molecule has 2 nitrogen and oxygen atoms in total. The molecule has 1 aromatic rings. The summed E-state index contributed by atoms with van der Waals surface area (Å²) in [5.74, 6) is 0.648. The van der Waals surface area contributed by atoms with Crippen molar-refractivity contribution in [2.45, 2.75) is 71.9 Å². The van der Waals surface area contributed by atoms with Crippen molar-refractivity contribution >= 4 is 5.69 Å². The van der Waals surface area contributed by atoms with Gasteiger partial charge in [-0.2, -0.15) is 0 Å². The number of nitrogens with one attached hydrogen (secondary N) is 1. The Balaban J connectivity index is 2.31. The zero-order chi connectivity index (χ0) is 15.5. The van der Waals surface area contributed by atoms with Gasteiger partial charge < -0.3 is 10.2 Å². The molecule has 1 aliphatic heterocycles. The molecule has 2 heteroatoms. The van der Waals surface area contributed by atoms with Crippen molar-refractivity contribution in [1.29, 1.82) is 0 Å². The van der Waals surface area contributed by atoms with Gasteiger partial charge in [-0.05, 0) is 56.3 Å². The van der Waals surface area contributed by atoms with Crippen LogP contribution in [-0.2, 0) is 6.54 Å². The van der Waals surface area contributed by atoms with E-state index in [1.807, 2.05) is 0 Å². The minimum absolute atomic E-state index is 0.269. The molecule has 0 amide bonds. The molecule has 1 unspecified atom stereocenters. The Morgan fingerprint density at radius 2 is 2.05 bits per heavy atom.